The van der Waals surface area contributed by atoms with Crippen molar-refractivity contribution in [3.63, 3.8) is 0 Å². The Balaban J connectivity index is 2.54. The number of benzene rings is 1. The van der Waals surface area contributed by atoms with Gasteiger partial charge >= 0.3 is 5.97 Å². The summed E-state index contributed by atoms with van der Waals surface area (Å²) in [5.41, 5.74) is 0.233. The van der Waals surface area contributed by atoms with Gasteiger partial charge in [0.1, 0.15) is 11.5 Å². The van der Waals surface area contributed by atoms with E-state index in [0.717, 1.165) is 0 Å². The maximum Gasteiger partial charge on any atom is 0.358 e. The third-order valence-corrected chi connectivity index (χ3v) is 2.13. The van der Waals surface area contributed by atoms with Crippen LogP contribution in [0.2, 0.25) is 0 Å². The molecule has 0 radical (unpaired) electrons. The normalized spacial score (nSPS) is 10.3. The van der Waals surface area contributed by atoms with Gasteiger partial charge in [-0.25, -0.2) is 9.78 Å². The highest BCUT2D eigenvalue weighted by atomic mass is 16.4. The van der Waals surface area contributed by atoms with Crippen molar-refractivity contribution in [2.75, 3.05) is 0 Å². The maximum atomic E-state index is 10.8. The number of phenols is 1. The molecule has 0 fully saturated rings. The lowest BCUT2D eigenvalue weighted by molar-refractivity contribution is 0.0689. The van der Waals surface area contributed by atoms with Crippen LogP contribution in [-0.4, -0.2) is 21.2 Å². The highest BCUT2D eigenvalue weighted by Gasteiger charge is 2.18. The number of para-hydroxylation sites is 1. The first-order chi connectivity index (χ1) is 7.59. The van der Waals surface area contributed by atoms with Gasteiger partial charge in [-0.05, 0) is 19.1 Å². The van der Waals surface area contributed by atoms with E-state index in [1.807, 2.05) is 0 Å². The zero-order chi connectivity index (χ0) is 11.7. The molecule has 0 aliphatic carbocycles. The lowest BCUT2D eigenvalue weighted by Gasteiger charge is -1.97. The minimum absolute atomic E-state index is 0.000638. The van der Waals surface area contributed by atoms with Crippen LogP contribution in [0.3, 0.4) is 0 Å². The molecule has 0 aliphatic heterocycles. The Morgan fingerprint density at radius 2 is 2.06 bits per heavy atom. The number of phenolic OH excluding ortho intramolecular Hbond substituents is 1. The second-order valence-electron chi connectivity index (χ2n) is 3.25. The molecule has 1 aromatic carbocycles. The van der Waals surface area contributed by atoms with E-state index in [-0.39, 0.29) is 23.1 Å². The number of carboxylic acid groups (broad SMARTS) is 1. The van der Waals surface area contributed by atoms with Gasteiger partial charge in [0.15, 0.2) is 5.69 Å². The summed E-state index contributed by atoms with van der Waals surface area (Å²) in [5, 5.41) is 18.4. The van der Waals surface area contributed by atoms with E-state index in [1.54, 1.807) is 18.2 Å². The molecule has 1 heterocycles. The van der Waals surface area contributed by atoms with Gasteiger partial charge in [0.2, 0.25) is 5.89 Å². The highest BCUT2D eigenvalue weighted by molar-refractivity contribution is 5.87. The third kappa shape index (κ3) is 1.63. The first kappa shape index (κ1) is 10.2. The summed E-state index contributed by atoms with van der Waals surface area (Å²) in [7, 11) is 0. The van der Waals surface area contributed by atoms with Crippen molar-refractivity contribution in [2.24, 2.45) is 0 Å². The smallest absolute Gasteiger partial charge is 0.358 e. The quantitative estimate of drug-likeness (QED) is 0.807. The maximum absolute atomic E-state index is 10.8. The zero-order valence-corrected chi connectivity index (χ0v) is 8.47. The van der Waals surface area contributed by atoms with Gasteiger partial charge in [0, 0.05) is 0 Å². The van der Waals surface area contributed by atoms with Crippen LogP contribution in [0.4, 0.5) is 0 Å². The van der Waals surface area contributed by atoms with Crippen molar-refractivity contribution in [1.29, 1.82) is 0 Å². The standard InChI is InChI=1S/C11H9NO4/c1-6-9(11(14)15)12-10(16-6)7-4-2-3-5-8(7)13/h2-5,13H,1H3,(H,14,15). The van der Waals surface area contributed by atoms with E-state index >= 15 is 0 Å². The minimum Gasteiger partial charge on any atom is -0.507 e. The molecule has 0 saturated heterocycles. The van der Waals surface area contributed by atoms with E-state index in [9.17, 15) is 9.90 Å². The van der Waals surface area contributed by atoms with Crippen LogP contribution < -0.4 is 0 Å². The fourth-order valence-corrected chi connectivity index (χ4v) is 1.36. The van der Waals surface area contributed by atoms with Gasteiger partial charge in [-0.2, -0.15) is 0 Å². The molecule has 0 aliphatic rings. The molecular formula is C11H9NO4. The number of oxazole rings is 1. The van der Waals surface area contributed by atoms with Gasteiger partial charge in [0.05, 0.1) is 5.56 Å². The Labute approximate surface area is 91.0 Å². The fraction of sp³-hybridized carbons (Fsp3) is 0.0909. The molecule has 0 spiro atoms. The molecule has 0 unspecified atom stereocenters. The summed E-state index contributed by atoms with van der Waals surface area (Å²) in [5.74, 6) is -0.831. The molecule has 2 aromatic rings. The molecule has 0 amide bonds. The Kier molecular flexibility index (Phi) is 2.36. The molecule has 0 atom stereocenters. The van der Waals surface area contributed by atoms with Crippen molar-refractivity contribution >= 4 is 5.97 Å². The lowest BCUT2D eigenvalue weighted by Crippen LogP contribution is -1.98. The Morgan fingerprint density at radius 1 is 1.38 bits per heavy atom. The summed E-state index contributed by atoms with van der Waals surface area (Å²) < 4.78 is 5.19. The number of aromatic hydroxyl groups is 1. The summed E-state index contributed by atoms with van der Waals surface area (Å²) in [6.07, 6.45) is 0. The van der Waals surface area contributed by atoms with Crippen LogP contribution in [0.5, 0.6) is 5.75 Å². The molecule has 1 aromatic heterocycles. The van der Waals surface area contributed by atoms with Crippen molar-refractivity contribution < 1.29 is 19.4 Å². The highest BCUT2D eigenvalue weighted by Crippen LogP contribution is 2.29. The van der Waals surface area contributed by atoms with E-state index in [0.29, 0.717) is 5.56 Å². The average molecular weight is 219 g/mol. The summed E-state index contributed by atoms with van der Waals surface area (Å²) in [6, 6.07) is 6.45. The van der Waals surface area contributed by atoms with Crippen LogP contribution >= 0.6 is 0 Å². The number of aromatic carboxylic acids is 1. The average Bonchev–Trinajstić information content (AvgIpc) is 2.61. The fourth-order valence-electron chi connectivity index (χ4n) is 1.36. The van der Waals surface area contributed by atoms with Crippen LogP contribution in [0.15, 0.2) is 28.7 Å². The zero-order valence-electron chi connectivity index (χ0n) is 8.47. The van der Waals surface area contributed by atoms with Crippen molar-refractivity contribution in [1.82, 2.24) is 4.98 Å². The van der Waals surface area contributed by atoms with Crippen LogP contribution in [-0.2, 0) is 0 Å². The summed E-state index contributed by atoms with van der Waals surface area (Å²) in [4.78, 5) is 14.6. The van der Waals surface area contributed by atoms with Gasteiger partial charge in [-0.15, -0.1) is 0 Å². The summed E-state index contributed by atoms with van der Waals surface area (Å²) in [6.45, 7) is 1.51. The summed E-state index contributed by atoms with van der Waals surface area (Å²) >= 11 is 0. The Bertz CT molecular complexity index is 545. The SMILES string of the molecule is Cc1oc(-c2ccccc2O)nc1C(=O)O. The predicted molar refractivity (Wildman–Crippen MR) is 55.3 cm³/mol. The number of hydrogen-bond donors (Lipinski definition) is 2. The number of aryl methyl sites for hydroxylation is 1. The van der Waals surface area contributed by atoms with Crippen LogP contribution in [0.25, 0.3) is 11.5 Å². The van der Waals surface area contributed by atoms with Gasteiger partial charge < -0.3 is 14.6 Å². The number of aromatic nitrogens is 1. The molecule has 5 heteroatoms. The first-order valence-corrected chi connectivity index (χ1v) is 4.58. The molecule has 0 bridgehead atoms. The monoisotopic (exact) mass is 219 g/mol. The van der Waals surface area contributed by atoms with E-state index in [4.69, 9.17) is 9.52 Å². The van der Waals surface area contributed by atoms with Gasteiger partial charge in [0.25, 0.3) is 0 Å². The van der Waals surface area contributed by atoms with Crippen LogP contribution in [0.1, 0.15) is 16.2 Å². The first-order valence-electron chi connectivity index (χ1n) is 4.58. The second kappa shape index (κ2) is 3.69. The minimum atomic E-state index is -1.15. The number of carbonyl (C=O) groups is 1. The third-order valence-electron chi connectivity index (χ3n) is 2.13. The van der Waals surface area contributed by atoms with Crippen LogP contribution in [0, 0.1) is 6.92 Å². The Morgan fingerprint density at radius 3 is 2.62 bits per heavy atom. The van der Waals surface area contributed by atoms with Crippen molar-refractivity contribution in [2.45, 2.75) is 6.92 Å². The topological polar surface area (TPSA) is 83.6 Å². The molecule has 2 N–H and O–H groups in total. The largest absolute Gasteiger partial charge is 0.507 e. The van der Waals surface area contributed by atoms with Crippen molar-refractivity contribution in [3.8, 4) is 17.2 Å². The van der Waals surface area contributed by atoms with E-state index in [1.165, 1.54) is 13.0 Å². The predicted octanol–water partition coefficient (Wildman–Crippen LogP) is 2.05. The molecule has 2 rings (SSSR count). The molecule has 82 valence electrons. The number of nitrogens with zero attached hydrogens (tertiary/aromatic N) is 1. The van der Waals surface area contributed by atoms with Crippen molar-refractivity contribution in [3.05, 3.63) is 35.7 Å². The number of hydrogen-bond acceptors (Lipinski definition) is 4. The number of rotatable bonds is 2. The van der Waals surface area contributed by atoms with Gasteiger partial charge in [-0.3, -0.25) is 0 Å². The Hall–Kier alpha value is -2.30. The molecule has 16 heavy (non-hydrogen) atoms. The van der Waals surface area contributed by atoms with Gasteiger partial charge in [-0.1, -0.05) is 12.1 Å². The number of carboxylic acids is 1. The molecule has 0 saturated carbocycles. The van der Waals surface area contributed by atoms with E-state index in [2.05, 4.69) is 4.98 Å². The van der Waals surface area contributed by atoms with E-state index < -0.39 is 5.97 Å². The molecule has 5 nitrogen and oxygen atoms in total. The lowest BCUT2D eigenvalue weighted by atomic mass is 10.2. The second-order valence-corrected chi connectivity index (χ2v) is 3.25. The molecular weight excluding hydrogens is 210 g/mol.